The molecule has 2 heterocycles. The molecule has 8 heteroatoms. The lowest BCUT2D eigenvalue weighted by Crippen LogP contribution is -2.27. The Morgan fingerprint density at radius 3 is 2.96 bits per heavy atom. The fraction of sp³-hybridized carbons (Fsp3) is 0.300. The maximum atomic E-state index is 12.4. The molecule has 0 unspecified atom stereocenters. The molecule has 0 atom stereocenters. The zero-order valence-electron chi connectivity index (χ0n) is 15.7. The number of para-hydroxylation sites is 1. The number of nitrogens with one attached hydrogen (secondary N) is 3. The van der Waals surface area contributed by atoms with Crippen LogP contribution in [-0.2, 0) is 11.3 Å². The van der Waals surface area contributed by atoms with E-state index in [1.165, 1.54) is 0 Å². The summed E-state index contributed by atoms with van der Waals surface area (Å²) < 4.78 is 5.30. The molecule has 0 radical (unpaired) electrons. The summed E-state index contributed by atoms with van der Waals surface area (Å²) in [6, 6.07) is 10.6. The first-order chi connectivity index (χ1) is 13.7. The van der Waals surface area contributed by atoms with Gasteiger partial charge in [-0.05, 0) is 43.2 Å². The van der Waals surface area contributed by atoms with Crippen molar-refractivity contribution >= 4 is 22.6 Å². The molecule has 1 amide bonds. The van der Waals surface area contributed by atoms with Crippen molar-refractivity contribution in [3.63, 3.8) is 0 Å². The zero-order chi connectivity index (χ0) is 19.8. The first kappa shape index (κ1) is 19.5. The number of ether oxygens (including phenoxy) is 1. The van der Waals surface area contributed by atoms with E-state index < -0.39 is 5.91 Å². The highest BCUT2D eigenvalue weighted by atomic mass is 16.5. The van der Waals surface area contributed by atoms with Crippen LogP contribution in [0.5, 0.6) is 0 Å². The summed E-state index contributed by atoms with van der Waals surface area (Å²) in [6.45, 7) is 4.44. The molecular formula is C20H23N5O3. The summed E-state index contributed by atoms with van der Waals surface area (Å²) in [5.41, 5.74) is 1.04. The minimum atomic E-state index is -0.439. The highest BCUT2D eigenvalue weighted by Gasteiger charge is 2.11. The van der Waals surface area contributed by atoms with Crippen molar-refractivity contribution in [2.24, 2.45) is 0 Å². The standard InChI is InChI=1S/C20H23N5O3/c1-2-28-11-5-9-21-17-12-14(8-10-22-17)13-23-20(27)18-24-16-7-4-3-6-15(16)19(26)25-18/h3-4,6-8,10,12H,2,5,9,11,13H2,1H3,(H,21,22)(H,23,27)(H,24,25,26). The molecule has 0 spiro atoms. The van der Waals surface area contributed by atoms with Gasteiger partial charge >= 0.3 is 0 Å². The van der Waals surface area contributed by atoms with Crippen molar-refractivity contribution in [3.8, 4) is 0 Å². The summed E-state index contributed by atoms with van der Waals surface area (Å²) in [5, 5.41) is 6.45. The number of carbonyl (C=O) groups excluding carboxylic acids is 1. The first-order valence-corrected chi connectivity index (χ1v) is 9.21. The topological polar surface area (TPSA) is 109 Å². The number of nitrogens with zero attached hydrogens (tertiary/aromatic N) is 2. The smallest absolute Gasteiger partial charge is 0.287 e. The van der Waals surface area contributed by atoms with Gasteiger partial charge in [-0.3, -0.25) is 9.59 Å². The predicted octanol–water partition coefficient (Wildman–Crippen LogP) is 2.09. The van der Waals surface area contributed by atoms with Gasteiger partial charge in [-0.1, -0.05) is 12.1 Å². The molecule has 0 saturated heterocycles. The summed E-state index contributed by atoms with van der Waals surface area (Å²) in [5.74, 6) is 0.290. The Labute approximate surface area is 162 Å². The molecule has 1 aromatic carbocycles. The number of amides is 1. The van der Waals surface area contributed by atoms with Gasteiger partial charge in [-0.2, -0.15) is 0 Å². The van der Waals surface area contributed by atoms with E-state index in [4.69, 9.17) is 4.74 Å². The van der Waals surface area contributed by atoms with E-state index in [2.05, 4.69) is 25.6 Å². The number of H-pyrrole nitrogens is 1. The van der Waals surface area contributed by atoms with Gasteiger partial charge in [0.15, 0.2) is 5.82 Å². The van der Waals surface area contributed by atoms with E-state index in [9.17, 15) is 9.59 Å². The van der Waals surface area contributed by atoms with Gasteiger partial charge in [0.05, 0.1) is 10.9 Å². The van der Waals surface area contributed by atoms with Gasteiger partial charge in [-0.15, -0.1) is 0 Å². The number of fused-ring (bicyclic) bond motifs is 1. The average Bonchev–Trinajstić information content (AvgIpc) is 2.72. The first-order valence-electron chi connectivity index (χ1n) is 9.21. The minimum Gasteiger partial charge on any atom is -0.382 e. The Kier molecular flexibility index (Phi) is 6.69. The Balaban J connectivity index is 1.59. The van der Waals surface area contributed by atoms with Crippen LogP contribution in [-0.4, -0.2) is 40.6 Å². The van der Waals surface area contributed by atoms with Crippen LogP contribution in [0, 0.1) is 0 Å². The number of carbonyl (C=O) groups is 1. The molecule has 0 bridgehead atoms. The molecule has 0 aliphatic rings. The van der Waals surface area contributed by atoms with Crippen LogP contribution < -0.4 is 16.2 Å². The SMILES string of the molecule is CCOCCCNc1cc(CNC(=O)c2nc3ccccc3c(=O)[nH]2)ccn1. The van der Waals surface area contributed by atoms with E-state index in [1.807, 2.05) is 19.1 Å². The van der Waals surface area contributed by atoms with Crippen molar-refractivity contribution < 1.29 is 9.53 Å². The monoisotopic (exact) mass is 381 g/mol. The maximum Gasteiger partial charge on any atom is 0.287 e. The lowest BCUT2D eigenvalue weighted by molar-refractivity contribution is 0.0940. The lowest BCUT2D eigenvalue weighted by atomic mass is 10.2. The van der Waals surface area contributed by atoms with Crippen LogP contribution in [0.15, 0.2) is 47.4 Å². The molecule has 0 aliphatic carbocycles. The fourth-order valence-corrected chi connectivity index (χ4v) is 2.68. The van der Waals surface area contributed by atoms with Crippen molar-refractivity contribution in [3.05, 3.63) is 64.3 Å². The third kappa shape index (κ3) is 5.14. The van der Waals surface area contributed by atoms with Gasteiger partial charge in [-0.25, -0.2) is 9.97 Å². The van der Waals surface area contributed by atoms with Crippen molar-refractivity contribution in [1.29, 1.82) is 0 Å². The molecule has 3 N–H and O–H groups in total. The quantitative estimate of drug-likeness (QED) is 0.490. The van der Waals surface area contributed by atoms with E-state index in [-0.39, 0.29) is 11.4 Å². The number of aromatic nitrogens is 3. The number of hydrogen-bond acceptors (Lipinski definition) is 6. The number of pyridine rings is 1. The van der Waals surface area contributed by atoms with Crippen LogP contribution in [0.2, 0.25) is 0 Å². The molecule has 0 saturated carbocycles. The van der Waals surface area contributed by atoms with Crippen LogP contribution in [0.1, 0.15) is 29.5 Å². The Bertz CT molecular complexity index is 1000. The maximum absolute atomic E-state index is 12.4. The summed E-state index contributed by atoms with van der Waals surface area (Å²) in [4.78, 5) is 35.5. The van der Waals surface area contributed by atoms with E-state index in [0.29, 0.717) is 30.7 Å². The highest BCUT2D eigenvalue weighted by Crippen LogP contribution is 2.08. The summed E-state index contributed by atoms with van der Waals surface area (Å²) in [7, 11) is 0. The number of hydrogen-bond donors (Lipinski definition) is 3. The summed E-state index contributed by atoms with van der Waals surface area (Å²) >= 11 is 0. The number of rotatable bonds is 9. The van der Waals surface area contributed by atoms with Gasteiger partial charge in [0.1, 0.15) is 5.82 Å². The molecule has 2 aromatic heterocycles. The lowest BCUT2D eigenvalue weighted by Gasteiger charge is -2.09. The molecule has 28 heavy (non-hydrogen) atoms. The number of anilines is 1. The zero-order valence-corrected chi connectivity index (χ0v) is 15.7. The fourth-order valence-electron chi connectivity index (χ4n) is 2.68. The van der Waals surface area contributed by atoms with Crippen LogP contribution >= 0.6 is 0 Å². The molecule has 146 valence electrons. The molecule has 8 nitrogen and oxygen atoms in total. The average molecular weight is 381 g/mol. The van der Waals surface area contributed by atoms with E-state index in [1.54, 1.807) is 30.5 Å². The minimum absolute atomic E-state index is 0.00738. The Morgan fingerprint density at radius 1 is 1.25 bits per heavy atom. The van der Waals surface area contributed by atoms with Crippen molar-refractivity contribution in [2.45, 2.75) is 19.9 Å². The van der Waals surface area contributed by atoms with E-state index >= 15 is 0 Å². The Morgan fingerprint density at radius 2 is 2.11 bits per heavy atom. The van der Waals surface area contributed by atoms with Gasteiger partial charge in [0.25, 0.3) is 11.5 Å². The number of benzene rings is 1. The largest absolute Gasteiger partial charge is 0.382 e. The van der Waals surface area contributed by atoms with Crippen LogP contribution in [0.4, 0.5) is 5.82 Å². The third-order valence-electron chi connectivity index (χ3n) is 4.08. The normalized spacial score (nSPS) is 10.8. The second-order valence-electron chi connectivity index (χ2n) is 6.14. The van der Waals surface area contributed by atoms with Crippen LogP contribution in [0.25, 0.3) is 10.9 Å². The molecule has 3 rings (SSSR count). The molecule has 0 fully saturated rings. The van der Waals surface area contributed by atoms with Crippen molar-refractivity contribution in [1.82, 2.24) is 20.3 Å². The molecular weight excluding hydrogens is 358 g/mol. The van der Waals surface area contributed by atoms with Crippen LogP contribution in [0.3, 0.4) is 0 Å². The molecule has 0 aliphatic heterocycles. The second-order valence-corrected chi connectivity index (χ2v) is 6.14. The Hall–Kier alpha value is -3.26. The van der Waals surface area contributed by atoms with E-state index in [0.717, 1.165) is 24.3 Å². The predicted molar refractivity (Wildman–Crippen MR) is 107 cm³/mol. The number of aromatic amines is 1. The highest BCUT2D eigenvalue weighted by molar-refractivity contribution is 5.92. The summed E-state index contributed by atoms with van der Waals surface area (Å²) in [6.07, 6.45) is 2.57. The van der Waals surface area contributed by atoms with Gasteiger partial charge in [0.2, 0.25) is 0 Å². The third-order valence-corrected chi connectivity index (χ3v) is 4.08. The second kappa shape index (κ2) is 9.61. The molecule has 3 aromatic rings. The van der Waals surface area contributed by atoms with Gasteiger partial charge < -0.3 is 20.4 Å². The van der Waals surface area contributed by atoms with Crippen molar-refractivity contribution in [2.75, 3.05) is 25.1 Å². The van der Waals surface area contributed by atoms with Gasteiger partial charge in [0, 0.05) is 32.5 Å².